The highest BCUT2D eigenvalue weighted by Crippen LogP contribution is 2.31. The molecule has 0 atom stereocenters. The Kier molecular flexibility index (Phi) is 3.17. The summed E-state index contributed by atoms with van der Waals surface area (Å²) in [5, 5.41) is 0. The lowest BCUT2D eigenvalue weighted by molar-refractivity contribution is 0.0717. The molecule has 0 spiro atoms. The van der Waals surface area contributed by atoms with E-state index in [0.717, 1.165) is 11.1 Å². The number of fused-ring (bicyclic) bond motifs is 1. The summed E-state index contributed by atoms with van der Waals surface area (Å²) in [6, 6.07) is 15.8. The molecule has 3 rings (SSSR count). The lowest BCUT2D eigenvalue weighted by Crippen LogP contribution is -2.10. The van der Waals surface area contributed by atoms with Crippen LogP contribution in [0.2, 0.25) is 0 Å². The minimum absolute atomic E-state index is 0.137. The first-order valence-electron chi connectivity index (χ1n) is 7.09. The number of carbonyl (C=O) groups excluding carboxylic acids is 1. The van der Waals surface area contributed by atoms with Gasteiger partial charge in [-0.25, -0.2) is 4.79 Å². The van der Waals surface area contributed by atoms with Crippen molar-refractivity contribution < 1.29 is 9.53 Å². The van der Waals surface area contributed by atoms with Crippen molar-refractivity contribution in [2.45, 2.75) is 26.2 Å². The number of hydrogen-bond acceptors (Lipinski definition) is 2. The van der Waals surface area contributed by atoms with E-state index in [4.69, 9.17) is 4.74 Å². The van der Waals surface area contributed by atoms with Gasteiger partial charge in [0.15, 0.2) is 0 Å². The molecule has 0 bridgehead atoms. The van der Waals surface area contributed by atoms with Crippen molar-refractivity contribution in [3.8, 4) is 0 Å². The third kappa shape index (κ3) is 2.62. The summed E-state index contributed by atoms with van der Waals surface area (Å²) in [4.78, 5) is 11.8. The van der Waals surface area contributed by atoms with Crippen LogP contribution in [-0.4, -0.2) is 5.97 Å². The molecule has 2 nitrogen and oxygen atoms in total. The standard InChI is InChI=1S/C19H18O2/c1-19(2,3)14-10-8-13(9-11-14)12-17-15-6-4-5-7-16(15)18(20)21-17/h4-12H,1-3H3. The topological polar surface area (TPSA) is 26.3 Å². The second-order valence-corrected chi connectivity index (χ2v) is 6.32. The van der Waals surface area contributed by atoms with Crippen molar-refractivity contribution in [1.29, 1.82) is 0 Å². The van der Waals surface area contributed by atoms with Gasteiger partial charge in [0, 0.05) is 5.56 Å². The van der Waals surface area contributed by atoms with Gasteiger partial charge < -0.3 is 4.74 Å². The average molecular weight is 278 g/mol. The Bertz CT molecular complexity index is 716. The lowest BCUT2D eigenvalue weighted by atomic mass is 9.86. The molecule has 0 aliphatic carbocycles. The molecule has 0 N–H and O–H groups in total. The van der Waals surface area contributed by atoms with E-state index in [2.05, 4.69) is 45.0 Å². The molecule has 0 amide bonds. The maximum atomic E-state index is 11.8. The predicted octanol–water partition coefficient (Wildman–Crippen LogP) is 4.65. The van der Waals surface area contributed by atoms with Crippen LogP contribution in [0.1, 0.15) is 47.8 Å². The lowest BCUT2D eigenvalue weighted by Gasteiger charge is -2.18. The van der Waals surface area contributed by atoms with Gasteiger partial charge >= 0.3 is 5.97 Å². The number of benzene rings is 2. The molecule has 1 heterocycles. The van der Waals surface area contributed by atoms with E-state index in [1.54, 1.807) is 6.07 Å². The summed E-state index contributed by atoms with van der Waals surface area (Å²) >= 11 is 0. The van der Waals surface area contributed by atoms with Crippen molar-refractivity contribution >= 4 is 17.8 Å². The minimum Gasteiger partial charge on any atom is -0.422 e. The predicted molar refractivity (Wildman–Crippen MR) is 84.9 cm³/mol. The Morgan fingerprint density at radius 2 is 1.52 bits per heavy atom. The number of hydrogen-bond donors (Lipinski definition) is 0. The molecule has 106 valence electrons. The van der Waals surface area contributed by atoms with Crippen LogP contribution < -0.4 is 0 Å². The van der Waals surface area contributed by atoms with Gasteiger partial charge in [-0.1, -0.05) is 63.2 Å². The second-order valence-electron chi connectivity index (χ2n) is 6.32. The van der Waals surface area contributed by atoms with Gasteiger partial charge in [0.1, 0.15) is 5.76 Å². The van der Waals surface area contributed by atoms with Gasteiger partial charge in [0.25, 0.3) is 0 Å². The average Bonchev–Trinajstić information content (AvgIpc) is 2.76. The summed E-state index contributed by atoms with van der Waals surface area (Å²) in [7, 11) is 0. The summed E-state index contributed by atoms with van der Waals surface area (Å²) < 4.78 is 5.36. The normalized spacial score (nSPS) is 16.0. The van der Waals surface area contributed by atoms with Gasteiger partial charge in [-0.3, -0.25) is 0 Å². The zero-order valence-electron chi connectivity index (χ0n) is 12.5. The van der Waals surface area contributed by atoms with Crippen LogP contribution in [0.4, 0.5) is 0 Å². The Labute approximate surface area is 125 Å². The fourth-order valence-electron chi connectivity index (χ4n) is 2.42. The fraction of sp³-hybridized carbons (Fsp3) is 0.211. The van der Waals surface area contributed by atoms with Gasteiger partial charge in [-0.2, -0.15) is 0 Å². The van der Waals surface area contributed by atoms with E-state index in [1.165, 1.54) is 5.56 Å². The van der Waals surface area contributed by atoms with E-state index in [-0.39, 0.29) is 11.4 Å². The molecule has 1 aliphatic heterocycles. The SMILES string of the molecule is CC(C)(C)c1ccc(C=C2OC(=O)c3ccccc32)cc1. The smallest absolute Gasteiger partial charge is 0.344 e. The quantitative estimate of drug-likeness (QED) is 0.710. The van der Waals surface area contributed by atoms with Crippen LogP contribution in [0.15, 0.2) is 48.5 Å². The van der Waals surface area contributed by atoms with Crippen molar-refractivity contribution in [3.63, 3.8) is 0 Å². The molecule has 0 saturated carbocycles. The van der Waals surface area contributed by atoms with Crippen LogP contribution in [0.5, 0.6) is 0 Å². The molecule has 0 saturated heterocycles. The summed E-state index contributed by atoms with van der Waals surface area (Å²) in [5.74, 6) is 0.349. The van der Waals surface area contributed by atoms with Gasteiger partial charge in [-0.05, 0) is 28.7 Å². The highest BCUT2D eigenvalue weighted by atomic mass is 16.5. The first kappa shape index (κ1) is 13.6. The molecule has 2 aromatic carbocycles. The number of carbonyl (C=O) groups is 1. The highest BCUT2D eigenvalue weighted by Gasteiger charge is 2.25. The Hall–Kier alpha value is -2.35. The molecular weight excluding hydrogens is 260 g/mol. The third-order valence-corrected chi connectivity index (χ3v) is 3.69. The second kappa shape index (κ2) is 4.88. The Balaban J connectivity index is 1.95. The number of rotatable bonds is 1. The highest BCUT2D eigenvalue weighted by molar-refractivity contribution is 6.05. The fourth-order valence-corrected chi connectivity index (χ4v) is 2.42. The third-order valence-electron chi connectivity index (χ3n) is 3.69. The summed E-state index contributed by atoms with van der Waals surface area (Å²) in [5.41, 5.74) is 3.95. The molecule has 0 radical (unpaired) electrons. The van der Waals surface area contributed by atoms with Crippen molar-refractivity contribution in [1.82, 2.24) is 0 Å². The number of esters is 1. The zero-order chi connectivity index (χ0) is 15.0. The molecule has 1 aliphatic rings. The van der Waals surface area contributed by atoms with Gasteiger partial charge in [0.05, 0.1) is 5.56 Å². The maximum Gasteiger partial charge on any atom is 0.344 e. The molecule has 21 heavy (non-hydrogen) atoms. The van der Waals surface area contributed by atoms with Gasteiger partial charge in [-0.15, -0.1) is 0 Å². The van der Waals surface area contributed by atoms with Crippen LogP contribution in [-0.2, 0) is 10.2 Å². The monoisotopic (exact) mass is 278 g/mol. The van der Waals surface area contributed by atoms with Crippen LogP contribution in [0.3, 0.4) is 0 Å². The molecule has 0 unspecified atom stereocenters. The first-order valence-corrected chi connectivity index (χ1v) is 7.09. The summed E-state index contributed by atoms with van der Waals surface area (Å²) in [6.45, 7) is 6.57. The van der Waals surface area contributed by atoms with Crippen molar-refractivity contribution in [2.24, 2.45) is 0 Å². The van der Waals surface area contributed by atoms with E-state index < -0.39 is 0 Å². The molecule has 2 aromatic rings. The van der Waals surface area contributed by atoms with Gasteiger partial charge in [0.2, 0.25) is 0 Å². The van der Waals surface area contributed by atoms with Crippen LogP contribution in [0.25, 0.3) is 11.8 Å². The largest absolute Gasteiger partial charge is 0.422 e. The first-order chi connectivity index (χ1) is 9.95. The molecular formula is C19H18O2. The summed E-state index contributed by atoms with van der Waals surface area (Å²) in [6.07, 6.45) is 1.91. The van der Waals surface area contributed by atoms with E-state index in [1.807, 2.05) is 24.3 Å². The van der Waals surface area contributed by atoms with E-state index in [0.29, 0.717) is 11.3 Å². The minimum atomic E-state index is -0.275. The van der Waals surface area contributed by atoms with E-state index >= 15 is 0 Å². The number of cyclic esters (lactones) is 1. The Morgan fingerprint density at radius 1 is 0.905 bits per heavy atom. The zero-order valence-corrected chi connectivity index (χ0v) is 12.5. The Morgan fingerprint density at radius 3 is 2.14 bits per heavy atom. The van der Waals surface area contributed by atoms with E-state index in [9.17, 15) is 4.79 Å². The van der Waals surface area contributed by atoms with Crippen molar-refractivity contribution in [2.75, 3.05) is 0 Å². The number of ether oxygens (including phenoxy) is 1. The van der Waals surface area contributed by atoms with Crippen molar-refractivity contribution in [3.05, 3.63) is 70.8 Å². The maximum absolute atomic E-state index is 11.8. The molecule has 0 aromatic heterocycles. The molecule has 0 fully saturated rings. The van der Waals surface area contributed by atoms with Crippen LogP contribution >= 0.6 is 0 Å². The van der Waals surface area contributed by atoms with Crippen LogP contribution in [0, 0.1) is 0 Å². The molecule has 2 heteroatoms.